The van der Waals surface area contributed by atoms with Gasteiger partial charge in [0.1, 0.15) is 11.6 Å². The second-order valence-electron chi connectivity index (χ2n) is 3.45. The smallest absolute Gasteiger partial charge is 0.130 e. The summed E-state index contributed by atoms with van der Waals surface area (Å²) in [5.41, 5.74) is 0.0117. The fourth-order valence-corrected chi connectivity index (χ4v) is 2.30. The summed E-state index contributed by atoms with van der Waals surface area (Å²) in [6, 6.07) is 3.73. The minimum absolute atomic E-state index is 0.0117. The lowest BCUT2D eigenvalue weighted by molar-refractivity contribution is 0.113. The third-order valence-electron chi connectivity index (χ3n) is 2.16. The molecule has 0 unspecified atom stereocenters. The van der Waals surface area contributed by atoms with Gasteiger partial charge in [0, 0.05) is 16.6 Å². The van der Waals surface area contributed by atoms with Crippen LogP contribution in [-0.4, -0.2) is 28.7 Å². The third kappa shape index (κ3) is 3.43. The Morgan fingerprint density at radius 1 is 1.31 bits per heavy atom. The Balaban J connectivity index is 2.69. The highest BCUT2D eigenvalue weighted by atomic mass is 32.2. The van der Waals surface area contributed by atoms with Gasteiger partial charge in [-0.15, -0.1) is 0 Å². The summed E-state index contributed by atoms with van der Waals surface area (Å²) >= 11 is 1.20. The van der Waals surface area contributed by atoms with Crippen molar-refractivity contribution in [3.05, 3.63) is 35.4 Å². The maximum absolute atomic E-state index is 13.3. The minimum Gasteiger partial charge on any atom is -0.394 e. The van der Waals surface area contributed by atoms with Crippen LogP contribution in [0.2, 0.25) is 0 Å². The zero-order chi connectivity index (χ0) is 12.1. The van der Waals surface area contributed by atoms with Gasteiger partial charge in [-0.05, 0) is 19.1 Å². The lowest BCUT2D eigenvalue weighted by Crippen LogP contribution is -2.15. The van der Waals surface area contributed by atoms with Crippen molar-refractivity contribution in [2.24, 2.45) is 0 Å². The van der Waals surface area contributed by atoms with Gasteiger partial charge in [-0.2, -0.15) is 11.8 Å². The van der Waals surface area contributed by atoms with E-state index in [9.17, 15) is 8.78 Å². The molecular weight excluding hydrogens is 234 g/mol. The second-order valence-corrected chi connectivity index (χ2v) is 4.82. The maximum atomic E-state index is 13.3. The van der Waals surface area contributed by atoms with Gasteiger partial charge in [0.05, 0.1) is 12.7 Å². The Kier molecular flexibility index (Phi) is 5.18. The summed E-state index contributed by atoms with van der Waals surface area (Å²) in [6.45, 7) is 1.32. The van der Waals surface area contributed by atoms with Crippen molar-refractivity contribution in [2.45, 2.75) is 18.3 Å². The molecule has 2 nitrogen and oxygen atoms in total. The average molecular weight is 248 g/mol. The van der Waals surface area contributed by atoms with Crippen LogP contribution in [-0.2, 0) is 0 Å². The summed E-state index contributed by atoms with van der Waals surface area (Å²) in [7, 11) is 0. The zero-order valence-corrected chi connectivity index (χ0v) is 9.68. The molecule has 0 bridgehead atoms. The highest BCUT2D eigenvalue weighted by Gasteiger charge is 2.17. The van der Waals surface area contributed by atoms with Crippen molar-refractivity contribution in [1.82, 2.24) is 0 Å². The molecule has 0 amide bonds. The molecule has 0 saturated carbocycles. The molecule has 1 aromatic carbocycles. The highest BCUT2D eigenvalue weighted by Crippen LogP contribution is 2.32. The van der Waals surface area contributed by atoms with Crippen LogP contribution in [0.4, 0.5) is 8.78 Å². The lowest BCUT2D eigenvalue weighted by Gasteiger charge is -2.15. The minimum atomic E-state index is -0.859. The molecule has 0 aromatic heterocycles. The van der Waals surface area contributed by atoms with Gasteiger partial charge in [0.2, 0.25) is 0 Å². The molecule has 1 aromatic rings. The summed E-state index contributed by atoms with van der Waals surface area (Å²) in [5.74, 6) is -0.928. The number of aliphatic hydroxyl groups excluding tert-OH is 2. The van der Waals surface area contributed by atoms with Crippen molar-refractivity contribution in [2.75, 3.05) is 12.4 Å². The largest absolute Gasteiger partial charge is 0.394 e. The SMILES string of the molecule is C[C@H](SC[C@@H](O)CO)c1c(F)cccc1F. The molecule has 0 aliphatic carbocycles. The van der Waals surface area contributed by atoms with Crippen LogP contribution in [0.5, 0.6) is 0 Å². The normalized spacial score (nSPS) is 14.8. The van der Waals surface area contributed by atoms with E-state index >= 15 is 0 Å². The van der Waals surface area contributed by atoms with E-state index in [1.165, 1.54) is 30.0 Å². The van der Waals surface area contributed by atoms with Crippen LogP contribution >= 0.6 is 11.8 Å². The molecule has 2 atom stereocenters. The molecule has 0 fully saturated rings. The summed E-state index contributed by atoms with van der Waals surface area (Å²) < 4.78 is 26.7. The fourth-order valence-electron chi connectivity index (χ4n) is 1.29. The number of rotatable bonds is 5. The third-order valence-corrected chi connectivity index (χ3v) is 3.47. The molecule has 0 heterocycles. The Bertz CT molecular complexity index is 327. The van der Waals surface area contributed by atoms with Crippen LogP contribution in [0.15, 0.2) is 18.2 Å². The van der Waals surface area contributed by atoms with Crippen LogP contribution in [0.1, 0.15) is 17.7 Å². The second kappa shape index (κ2) is 6.18. The number of aliphatic hydroxyl groups is 2. The molecule has 1 rings (SSSR count). The molecule has 0 saturated heterocycles. The van der Waals surface area contributed by atoms with Gasteiger partial charge in [-0.3, -0.25) is 0 Å². The van der Waals surface area contributed by atoms with E-state index in [-0.39, 0.29) is 17.9 Å². The number of benzene rings is 1. The maximum Gasteiger partial charge on any atom is 0.130 e. The zero-order valence-electron chi connectivity index (χ0n) is 8.86. The Labute approximate surface area is 97.3 Å². The Hall–Kier alpha value is -0.650. The molecular formula is C11H14F2O2S. The molecule has 0 radical (unpaired) electrons. The predicted molar refractivity (Wildman–Crippen MR) is 60.3 cm³/mol. The molecule has 0 spiro atoms. The molecule has 2 N–H and O–H groups in total. The van der Waals surface area contributed by atoms with E-state index in [0.29, 0.717) is 0 Å². The number of thioether (sulfide) groups is 1. The van der Waals surface area contributed by atoms with Crippen LogP contribution in [0, 0.1) is 11.6 Å². The molecule has 0 aliphatic rings. The monoisotopic (exact) mass is 248 g/mol. The number of halogens is 2. The van der Waals surface area contributed by atoms with Crippen LogP contribution < -0.4 is 0 Å². The van der Waals surface area contributed by atoms with Crippen molar-refractivity contribution < 1.29 is 19.0 Å². The van der Waals surface area contributed by atoms with Crippen molar-refractivity contribution >= 4 is 11.8 Å². The first-order valence-corrected chi connectivity index (χ1v) is 5.95. The van der Waals surface area contributed by atoms with Crippen LogP contribution in [0.25, 0.3) is 0 Å². The topological polar surface area (TPSA) is 40.5 Å². The number of hydrogen-bond acceptors (Lipinski definition) is 3. The van der Waals surface area contributed by atoms with E-state index in [1.807, 2.05) is 0 Å². The molecule has 0 aliphatic heterocycles. The fraction of sp³-hybridized carbons (Fsp3) is 0.455. The van der Waals surface area contributed by atoms with Gasteiger partial charge < -0.3 is 10.2 Å². The first-order chi connectivity index (χ1) is 7.56. The Morgan fingerprint density at radius 2 is 1.88 bits per heavy atom. The lowest BCUT2D eigenvalue weighted by atomic mass is 10.1. The summed E-state index contributed by atoms with van der Waals surface area (Å²) in [5, 5.41) is 17.3. The first-order valence-electron chi connectivity index (χ1n) is 4.90. The van der Waals surface area contributed by atoms with Gasteiger partial charge >= 0.3 is 0 Å². The van der Waals surface area contributed by atoms with Gasteiger partial charge in [-0.25, -0.2) is 8.78 Å². The van der Waals surface area contributed by atoms with E-state index in [1.54, 1.807) is 6.92 Å². The Morgan fingerprint density at radius 3 is 2.38 bits per heavy atom. The van der Waals surface area contributed by atoms with Crippen molar-refractivity contribution in [1.29, 1.82) is 0 Å². The van der Waals surface area contributed by atoms with Crippen molar-refractivity contribution in [3.63, 3.8) is 0 Å². The highest BCUT2D eigenvalue weighted by molar-refractivity contribution is 7.99. The van der Waals surface area contributed by atoms with E-state index < -0.39 is 23.0 Å². The summed E-state index contributed by atoms with van der Waals surface area (Å²) in [6.07, 6.45) is -0.859. The average Bonchev–Trinajstić information content (AvgIpc) is 2.25. The van der Waals surface area contributed by atoms with Gasteiger partial charge in [0.25, 0.3) is 0 Å². The molecule has 5 heteroatoms. The molecule has 90 valence electrons. The number of hydrogen-bond donors (Lipinski definition) is 2. The van der Waals surface area contributed by atoms with E-state index in [2.05, 4.69) is 0 Å². The summed E-state index contributed by atoms with van der Waals surface area (Å²) in [4.78, 5) is 0. The first kappa shape index (κ1) is 13.4. The van der Waals surface area contributed by atoms with Gasteiger partial charge in [-0.1, -0.05) is 6.07 Å². The predicted octanol–water partition coefficient (Wildman–Crippen LogP) is 2.11. The standard InChI is InChI=1S/C11H14F2O2S/c1-7(16-6-8(15)5-14)11-9(12)3-2-4-10(11)13/h2-4,7-8,14-15H,5-6H2,1H3/t7-,8-/m0/s1. The van der Waals surface area contributed by atoms with Crippen LogP contribution in [0.3, 0.4) is 0 Å². The quantitative estimate of drug-likeness (QED) is 0.838. The van der Waals surface area contributed by atoms with Crippen molar-refractivity contribution in [3.8, 4) is 0 Å². The van der Waals surface area contributed by atoms with E-state index in [0.717, 1.165) is 0 Å². The van der Waals surface area contributed by atoms with Gasteiger partial charge in [0.15, 0.2) is 0 Å². The molecule has 16 heavy (non-hydrogen) atoms. The van der Waals surface area contributed by atoms with E-state index in [4.69, 9.17) is 10.2 Å².